The molecule has 0 aromatic heterocycles. The molecule has 0 bridgehead atoms. The summed E-state index contributed by atoms with van der Waals surface area (Å²) in [5.41, 5.74) is 2.93. The number of hydrogen-bond donors (Lipinski definition) is 0. The molecule has 3 heteroatoms. The van der Waals surface area contributed by atoms with Crippen molar-refractivity contribution in [1.29, 1.82) is 0 Å². The van der Waals surface area contributed by atoms with Crippen LogP contribution in [-0.2, 0) is 17.9 Å². The Labute approximate surface area is 187 Å². The summed E-state index contributed by atoms with van der Waals surface area (Å²) in [7, 11) is 0. The predicted octanol–water partition coefficient (Wildman–Crippen LogP) is 5.65. The van der Waals surface area contributed by atoms with Gasteiger partial charge in [-0.15, -0.1) is 0 Å². The Bertz CT molecular complexity index is 841. The Morgan fingerprint density at radius 2 is 1.55 bits per heavy atom. The lowest BCUT2D eigenvalue weighted by Gasteiger charge is -2.54. The smallest absolute Gasteiger partial charge is 0.223 e. The molecule has 1 aliphatic carbocycles. The largest absolute Gasteiger partial charge is 0.337 e. The first-order valence-electron chi connectivity index (χ1n) is 12.3. The third-order valence-corrected chi connectivity index (χ3v) is 8.47. The van der Waals surface area contributed by atoms with Gasteiger partial charge in [0.2, 0.25) is 5.91 Å². The van der Waals surface area contributed by atoms with Crippen molar-refractivity contribution in [3.05, 3.63) is 71.8 Å². The second kappa shape index (κ2) is 8.78. The molecular formula is C28H36N2O. The molecule has 1 amide bonds. The average molecular weight is 417 g/mol. The van der Waals surface area contributed by atoms with Gasteiger partial charge in [0.05, 0.1) is 0 Å². The topological polar surface area (TPSA) is 23.6 Å². The molecule has 5 rings (SSSR count). The van der Waals surface area contributed by atoms with E-state index in [0.717, 1.165) is 32.5 Å². The first-order valence-corrected chi connectivity index (χ1v) is 12.3. The average Bonchev–Trinajstić information content (AvgIpc) is 3.15. The molecule has 4 atom stereocenters. The van der Waals surface area contributed by atoms with Gasteiger partial charge in [-0.1, -0.05) is 67.6 Å². The molecule has 0 radical (unpaired) electrons. The summed E-state index contributed by atoms with van der Waals surface area (Å²) in [5, 5.41) is 0. The standard InChI is InChI=1S/C28H36N2O/c1-22-25-14-8-15-27(31)30-19-9-17-28(25,30)18-16-26(22)29(20-23-10-4-2-5-11-23)21-24-12-6-3-7-13-24/h2-7,10-13,22,25-26H,8-9,14-21H2,1H3/t22-,25+,26+,28-/m1/s1. The highest BCUT2D eigenvalue weighted by Gasteiger charge is 2.55. The van der Waals surface area contributed by atoms with Crippen LogP contribution in [-0.4, -0.2) is 33.8 Å². The van der Waals surface area contributed by atoms with E-state index >= 15 is 0 Å². The van der Waals surface area contributed by atoms with Crippen molar-refractivity contribution in [2.75, 3.05) is 6.54 Å². The van der Waals surface area contributed by atoms with Gasteiger partial charge in [0.15, 0.2) is 0 Å². The summed E-state index contributed by atoms with van der Waals surface area (Å²) in [6, 6.07) is 22.4. The fourth-order valence-electron chi connectivity index (χ4n) is 7.10. The zero-order valence-corrected chi connectivity index (χ0v) is 18.9. The number of carbonyl (C=O) groups is 1. The first-order chi connectivity index (χ1) is 15.2. The maximum Gasteiger partial charge on any atom is 0.223 e. The molecule has 164 valence electrons. The van der Waals surface area contributed by atoms with Crippen molar-refractivity contribution in [3.8, 4) is 0 Å². The van der Waals surface area contributed by atoms with Crippen molar-refractivity contribution in [2.45, 2.75) is 76.5 Å². The van der Waals surface area contributed by atoms with Gasteiger partial charge in [0.1, 0.15) is 0 Å². The second-order valence-electron chi connectivity index (χ2n) is 10.1. The van der Waals surface area contributed by atoms with E-state index in [0.29, 0.717) is 23.8 Å². The lowest BCUT2D eigenvalue weighted by atomic mass is 9.62. The van der Waals surface area contributed by atoms with E-state index < -0.39 is 0 Å². The fourth-order valence-corrected chi connectivity index (χ4v) is 7.10. The minimum absolute atomic E-state index is 0.147. The van der Waals surface area contributed by atoms with Gasteiger partial charge in [0, 0.05) is 37.6 Å². The summed E-state index contributed by atoms with van der Waals surface area (Å²) in [6.07, 6.45) is 7.82. The van der Waals surface area contributed by atoms with Crippen molar-refractivity contribution in [1.82, 2.24) is 9.80 Å². The van der Waals surface area contributed by atoms with Gasteiger partial charge >= 0.3 is 0 Å². The highest BCUT2D eigenvalue weighted by molar-refractivity contribution is 5.78. The van der Waals surface area contributed by atoms with Crippen LogP contribution in [0.15, 0.2) is 60.7 Å². The van der Waals surface area contributed by atoms with Crippen LogP contribution in [0.2, 0.25) is 0 Å². The number of hydrogen-bond acceptors (Lipinski definition) is 2. The summed E-state index contributed by atoms with van der Waals surface area (Å²) in [4.78, 5) is 17.9. The minimum Gasteiger partial charge on any atom is -0.337 e. The Morgan fingerprint density at radius 1 is 0.903 bits per heavy atom. The van der Waals surface area contributed by atoms with Crippen LogP contribution < -0.4 is 0 Å². The van der Waals surface area contributed by atoms with Gasteiger partial charge < -0.3 is 4.90 Å². The maximum absolute atomic E-state index is 12.9. The molecule has 2 heterocycles. The van der Waals surface area contributed by atoms with Crippen LogP contribution in [0.4, 0.5) is 0 Å². The van der Waals surface area contributed by atoms with Gasteiger partial charge in [-0.25, -0.2) is 0 Å². The Kier molecular flexibility index (Phi) is 5.88. The fraction of sp³-hybridized carbons (Fsp3) is 0.536. The number of benzene rings is 2. The van der Waals surface area contributed by atoms with E-state index in [1.807, 2.05) is 0 Å². The minimum atomic E-state index is 0.147. The quantitative estimate of drug-likeness (QED) is 0.629. The van der Waals surface area contributed by atoms with E-state index in [-0.39, 0.29) is 5.54 Å². The molecule has 2 aromatic carbocycles. The summed E-state index contributed by atoms with van der Waals surface area (Å²) < 4.78 is 0. The molecule has 31 heavy (non-hydrogen) atoms. The highest BCUT2D eigenvalue weighted by atomic mass is 16.2. The van der Waals surface area contributed by atoms with Crippen LogP contribution in [0.5, 0.6) is 0 Å². The maximum atomic E-state index is 12.9. The highest BCUT2D eigenvalue weighted by Crippen LogP contribution is 2.52. The number of amides is 1. The molecule has 1 spiro atoms. The van der Waals surface area contributed by atoms with E-state index in [1.54, 1.807) is 0 Å². The van der Waals surface area contributed by atoms with E-state index in [2.05, 4.69) is 77.4 Å². The van der Waals surface area contributed by atoms with Crippen LogP contribution in [0.1, 0.15) is 63.0 Å². The monoisotopic (exact) mass is 416 g/mol. The zero-order valence-electron chi connectivity index (χ0n) is 18.9. The van der Waals surface area contributed by atoms with E-state index in [9.17, 15) is 4.79 Å². The van der Waals surface area contributed by atoms with Crippen LogP contribution in [0, 0.1) is 11.8 Å². The molecule has 3 nitrogen and oxygen atoms in total. The molecule has 2 saturated heterocycles. The van der Waals surface area contributed by atoms with Gasteiger partial charge in [0.25, 0.3) is 0 Å². The van der Waals surface area contributed by atoms with Crippen molar-refractivity contribution in [2.24, 2.45) is 11.8 Å². The molecule has 0 unspecified atom stereocenters. The van der Waals surface area contributed by atoms with Gasteiger partial charge in [-0.3, -0.25) is 9.69 Å². The normalized spacial score (nSPS) is 30.7. The lowest BCUT2D eigenvalue weighted by Crippen LogP contribution is -2.59. The van der Waals surface area contributed by atoms with Crippen LogP contribution >= 0.6 is 0 Å². The molecule has 2 aliphatic heterocycles. The van der Waals surface area contributed by atoms with E-state index in [4.69, 9.17) is 0 Å². The zero-order chi connectivity index (χ0) is 21.3. The molecule has 1 saturated carbocycles. The van der Waals surface area contributed by atoms with Gasteiger partial charge in [-0.05, 0) is 61.5 Å². The molecular weight excluding hydrogens is 380 g/mol. The summed E-state index contributed by atoms with van der Waals surface area (Å²) in [5.74, 6) is 1.66. The second-order valence-corrected chi connectivity index (χ2v) is 10.1. The lowest BCUT2D eigenvalue weighted by molar-refractivity contribution is -0.139. The molecule has 2 aromatic rings. The Hall–Kier alpha value is -2.13. The van der Waals surface area contributed by atoms with Crippen molar-refractivity contribution >= 4 is 5.91 Å². The Morgan fingerprint density at radius 3 is 2.19 bits per heavy atom. The summed E-state index contributed by atoms with van der Waals surface area (Å²) in [6.45, 7) is 5.47. The molecule has 3 fully saturated rings. The number of nitrogens with zero attached hydrogens (tertiary/aromatic N) is 2. The van der Waals surface area contributed by atoms with E-state index in [1.165, 1.54) is 43.2 Å². The van der Waals surface area contributed by atoms with Crippen LogP contribution in [0.25, 0.3) is 0 Å². The SMILES string of the molecule is C[C@H]1[C@@H](N(Cc2ccccc2)Cc2ccccc2)CC[C@@]23CCCN2C(=O)CCC[C@@H]13. The predicted molar refractivity (Wildman–Crippen MR) is 125 cm³/mol. The molecule has 3 aliphatic rings. The first kappa shape index (κ1) is 20.8. The third kappa shape index (κ3) is 3.93. The number of rotatable bonds is 5. The van der Waals surface area contributed by atoms with Crippen molar-refractivity contribution < 1.29 is 4.79 Å². The summed E-state index contributed by atoms with van der Waals surface area (Å²) >= 11 is 0. The Balaban J connectivity index is 1.43. The van der Waals surface area contributed by atoms with Crippen LogP contribution in [0.3, 0.4) is 0 Å². The number of carbonyl (C=O) groups excluding carboxylic acids is 1. The van der Waals surface area contributed by atoms with Crippen molar-refractivity contribution in [3.63, 3.8) is 0 Å². The third-order valence-electron chi connectivity index (χ3n) is 8.47. The van der Waals surface area contributed by atoms with Gasteiger partial charge in [-0.2, -0.15) is 0 Å². The molecule has 0 N–H and O–H groups in total.